The van der Waals surface area contributed by atoms with Crippen LogP contribution >= 0.6 is 12.2 Å². The van der Waals surface area contributed by atoms with E-state index in [-0.39, 0.29) is 11.8 Å². The third-order valence-electron chi connectivity index (χ3n) is 8.24. The molecule has 2 fully saturated rings. The number of nitrogens with zero attached hydrogens (tertiary/aromatic N) is 1. The van der Waals surface area contributed by atoms with E-state index in [1.54, 1.807) is 0 Å². The van der Waals surface area contributed by atoms with Crippen LogP contribution in [0.5, 0.6) is 11.5 Å². The Bertz CT molecular complexity index is 1380. The van der Waals surface area contributed by atoms with E-state index in [0.717, 1.165) is 41.7 Å². The zero-order chi connectivity index (χ0) is 29.9. The summed E-state index contributed by atoms with van der Waals surface area (Å²) < 4.78 is 11.7. The zero-order valence-corrected chi connectivity index (χ0v) is 25.6. The van der Waals surface area contributed by atoms with Gasteiger partial charge >= 0.3 is 5.97 Å². The number of hydrogen-bond donors (Lipinski definition) is 3. The smallest absolute Gasteiger partial charge is 0.345 e. The molecule has 42 heavy (non-hydrogen) atoms. The Hall–Kier alpha value is -3.62. The van der Waals surface area contributed by atoms with Gasteiger partial charge in [-0.15, -0.1) is 0 Å². The summed E-state index contributed by atoms with van der Waals surface area (Å²) in [7, 11) is 0. The number of fused-ring (bicyclic) bond motifs is 1. The minimum Gasteiger partial charge on any atom is -0.492 e. The molecule has 5 rings (SSSR count). The van der Waals surface area contributed by atoms with Gasteiger partial charge in [-0.1, -0.05) is 63.2 Å². The number of carboxylic acid groups (broad SMARTS) is 1. The second-order valence-corrected chi connectivity index (χ2v) is 12.8. The Morgan fingerprint density at radius 1 is 1.00 bits per heavy atom. The van der Waals surface area contributed by atoms with Crippen LogP contribution in [0.1, 0.15) is 37.5 Å². The van der Waals surface area contributed by atoms with E-state index in [1.165, 1.54) is 11.1 Å². The number of anilines is 1. The third kappa shape index (κ3) is 7.41. The molecule has 1 aliphatic carbocycles. The van der Waals surface area contributed by atoms with Crippen LogP contribution in [0.3, 0.4) is 0 Å². The zero-order valence-electron chi connectivity index (χ0n) is 24.8. The van der Waals surface area contributed by atoms with E-state index in [1.807, 2.05) is 60.7 Å². The summed E-state index contributed by atoms with van der Waals surface area (Å²) in [6.07, 6.45) is -0.702. The first-order chi connectivity index (χ1) is 20.1. The van der Waals surface area contributed by atoms with Crippen molar-refractivity contribution in [2.24, 2.45) is 11.8 Å². The fraction of sp³-hybridized carbons (Fsp3) is 0.412. The number of para-hydroxylation sites is 1. The molecule has 1 heterocycles. The highest BCUT2D eigenvalue weighted by Crippen LogP contribution is 2.45. The second kappa shape index (κ2) is 12.7. The first kappa shape index (κ1) is 29.9. The lowest BCUT2D eigenvalue weighted by molar-refractivity contribution is -0.145. The fourth-order valence-electron chi connectivity index (χ4n) is 5.61. The van der Waals surface area contributed by atoms with E-state index in [2.05, 4.69) is 55.4 Å². The van der Waals surface area contributed by atoms with Crippen molar-refractivity contribution in [3.63, 3.8) is 0 Å². The van der Waals surface area contributed by atoms with E-state index >= 15 is 0 Å². The van der Waals surface area contributed by atoms with Crippen LogP contribution in [-0.2, 0) is 16.6 Å². The molecule has 2 unspecified atom stereocenters. The lowest BCUT2D eigenvalue weighted by Crippen LogP contribution is -2.38. The van der Waals surface area contributed by atoms with Gasteiger partial charge in [0, 0.05) is 37.8 Å². The largest absolute Gasteiger partial charge is 0.492 e. The topological polar surface area (TPSA) is 83.1 Å². The number of hydrogen-bond acceptors (Lipinski definition) is 5. The minimum absolute atomic E-state index is 0.0259. The maximum atomic E-state index is 11.9. The van der Waals surface area contributed by atoms with Crippen molar-refractivity contribution in [1.29, 1.82) is 0 Å². The van der Waals surface area contributed by atoms with Crippen molar-refractivity contribution in [3.05, 3.63) is 89.5 Å². The molecule has 3 aromatic rings. The predicted molar refractivity (Wildman–Crippen MR) is 171 cm³/mol. The maximum absolute atomic E-state index is 11.9. The normalized spacial score (nSPS) is 20.0. The first-order valence-corrected chi connectivity index (χ1v) is 15.1. The van der Waals surface area contributed by atoms with Gasteiger partial charge in [-0.25, -0.2) is 4.79 Å². The number of thiocarbonyl (C=S) groups is 1. The van der Waals surface area contributed by atoms with Crippen molar-refractivity contribution in [3.8, 4) is 11.5 Å². The number of ether oxygens (including phenoxy) is 2. The molecule has 1 saturated heterocycles. The second-order valence-electron chi connectivity index (χ2n) is 12.4. The average Bonchev–Trinajstić information content (AvgIpc) is 3.39. The number of nitrogens with one attached hydrogen (secondary N) is 2. The number of benzene rings is 3. The highest BCUT2D eigenvalue weighted by molar-refractivity contribution is 7.80. The summed E-state index contributed by atoms with van der Waals surface area (Å²) in [6.45, 7) is 11.8. The van der Waals surface area contributed by atoms with Gasteiger partial charge in [-0.2, -0.15) is 0 Å². The van der Waals surface area contributed by atoms with Crippen LogP contribution in [0.4, 0.5) is 5.69 Å². The monoisotopic (exact) mass is 587 g/mol. The van der Waals surface area contributed by atoms with Crippen molar-refractivity contribution in [2.45, 2.75) is 51.7 Å². The lowest BCUT2D eigenvalue weighted by atomic mass is 9.87. The first-order valence-electron chi connectivity index (χ1n) is 14.6. The van der Waals surface area contributed by atoms with Gasteiger partial charge in [0.05, 0.1) is 0 Å². The third-order valence-corrected chi connectivity index (χ3v) is 8.60. The Kier molecular flexibility index (Phi) is 9.04. The quantitative estimate of drug-likeness (QED) is 0.196. The van der Waals surface area contributed by atoms with Gasteiger partial charge in [0.25, 0.3) is 0 Å². The van der Waals surface area contributed by atoms with Gasteiger partial charge < -0.3 is 30.1 Å². The van der Waals surface area contributed by atoms with Crippen LogP contribution in [0.25, 0.3) is 0 Å². The van der Waals surface area contributed by atoms with Crippen molar-refractivity contribution in [2.75, 3.05) is 31.6 Å². The van der Waals surface area contributed by atoms with E-state index in [0.29, 0.717) is 30.2 Å². The summed E-state index contributed by atoms with van der Waals surface area (Å²) in [5.74, 6) is 1.58. The summed E-state index contributed by atoms with van der Waals surface area (Å²) in [4.78, 5) is 14.2. The number of carboxylic acids is 1. The summed E-state index contributed by atoms with van der Waals surface area (Å²) in [6, 6.07) is 23.9. The molecular weight excluding hydrogens is 546 g/mol. The highest BCUT2D eigenvalue weighted by atomic mass is 32.1. The van der Waals surface area contributed by atoms with E-state index in [4.69, 9.17) is 21.7 Å². The molecule has 3 N–H and O–H groups in total. The molecule has 1 saturated carbocycles. The Morgan fingerprint density at radius 3 is 2.26 bits per heavy atom. The van der Waals surface area contributed by atoms with Crippen molar-refractivity contribution >= 4 is 29.0 Å². The van der Waals surface area contributed by atoms with Crippen LogP contribution in [-0.4, -0.2) is 59.5 Å². The van der Waals surface area contributed by atoms with E-state index < -0.39 is 12.1 Å². The number of rotatable bonds is 11. The SMILES string of the molecule is Cc1ccccc1NC(=S)N1CC2C(C1)C2NCCOc1ccc(C[C@H](Oc2ccc(C(C)(C)C)cc2)C(=O)O)cc1. The molecule has 8 heteroatoms. The van der Waals surface area contributed by atoms with E-state index in [9.17, 15) is 9.90 Å². The average molecular weight is 588 g/mol. The molecule has 0 bridgehead atoms. The van der Waals surface area contributed by atoms with Crippen LogP contribution in [0.15, 0.2) is 72.8 Å². The molecule has 0 aromatic heterocycles. The van der Waals surface area contributed by atoms with Crippen molar-refractivity contribution in [1.82, 2.24) is 10.2 Å². The number of piperidine rings is 1. The molecule has 0 amide bonds. The fourth-order valence-corrected chi connectivity index (χ4v) is 5.87. The van der Waals surface area contributed by atoms with Gasteiger partial charge in [-0.3, -0.25) is 0 Å². The molecule has 3 atom stereocenters. The number of aryl methyl sites for hydroxylation is 1. The van der Waals surface area contributed by atoms with Crippen LogP contribution < -0.4 is 20.1 Å². The molecule has 2 aliphatic rings. The Labute approximate surface area is 254 Å². The molecule has 0 spiro atoms. The molecule has 222 valence electrons. The molecular formula is C34H41N3O4S. The standard InChI is InChI=1S/C34H41N3O4S/c1-22-7-5-6-8-29(22)36-33(42)37-20-27-28(21-37)31(27)35-17-18-40-25-13-9-23(10-14-25)19-30(32(38)39)41-26-15-11-24(12-16-26)34(2,3)4/h5-16,27-28,30-31,35H,17-21H2,1-4H3,(H,36,42)(H,38,39)/t27?,28?,30-,31?/m0/s1. The summed E-state index contributed by atoms with van der Waals surface area (Å²) in [5, 5.41) is 17.6. The summed E-state index contributed by atoms with van der Waals surface area (Å²) in [5.41, 5.74) is 4.34. The molecule has 1 aliphatic heterocycles. The van der Waals surface area contributed by atoms with Crippen LogP contribution in [0.2, 0.25) is 0 Å². The van der Waals surface area contributed by atoms with Crippen LogP contribution in [0, 0.1) is 18.8 Å². The lowest BCUT2D eigenvalue weighted by Gasteiger charge is -2.24. The molecule has 3 aromatic carbocycles. The van der Waals surface area contributed by atoms with Crippen molar-refractivity contribution < 1.29 is 19.4 Å². The minimum atomic E-state index is -0.987. The van der Waals surface area contributed by atoms with Gasteiger partial charge in [-0.05, 0) is 83.4 Å². The maximum Gasteiger partial charge on any atom is 0.345 e. The van der Waals surface area contributed by atoms with Gasteiger partial charge in [0.15, 0.2) is 11.2 Å². The highest BCUT2D eigenvalue weighted by Gasteiger charge is 2.55. The Morgan fingerprint density at radius 2 is 1.64 bits per heavy atom. The molecule has 7 nitrogen and oxygen atoms in total. The molecule has 0 radical (unpaired) electrons. The Balaban J connectivity index is 1.01. The predicted octanol–water partition coefficient (Wildman–Crippen LogP) is 5.66. The number of likely N-dealkylation sites (tertiary alicyclic amines) is 1. The van der Waals surface area contributed by atoms with Gasteiger partial charge in [0.2, 0.25) is 0 Å². The van der Waals surface area contributed by atoms with Gasteiger partial charge in [0.1, 0.15) is 18.1 Å². The number of carbonyl (C=O) groups is 1. The number of aliphatic carboxylic acids is 1. The summed E-state index contributed by atoms with van der Waals surface area (Å²) >= 11 is 5.66.